The third kappa shape index (κ3) is 5.45. The number of phenols is 1. The molecule has 7 nitrogen and oxygen atoms in total. The minimum absolute atomic E-state index is 0.0141. The van der Waals surface area contributed by atoms with Gasteiger partial charge in [0.15, 0.2) is 0 Å². The number of carbonyl (C=O) groups excluding carboxylic acids is 1. The van der Waals surface area contributed by atoms with E-state index in [4.69, 9.17) is 5.73 Å². The molecule has 0 radical (unpaired) electrons. The van der Waals surface area contributed by atoms with Crippen molar-refractivity contribution >= 4 is 17.4 Å². The Morgan fingerprint density at radius 2 is 1.89 bits per heavy atom. The van der Waals surface area contributed by atoms with Gasteiger partial charge >= 0.3 is 0 Å². The molecule has 0 bridgehead atoms. The average Bonchev–Trinajstić information content (AvgIpc) is 2.92. The van der Waals surface area contributed by atoms with Gasteiger partial charge in [-0.2, -0.15) is 5.26 Å². The Bertz CT molecular complexity index is 1330. The number of anilines is 2. The van der Waals surface area contributed by atoms with Gasteiger partial charge in [-0.25, -0.2) is 4.98 Å². The Labute approximate surface area is 217 Å². The monoisotopic (exact) mass is 495 g/mol. The van der Waals surface area contributed by atoms with Gasteiger partial charge < -0.3 is 16.2 Å². The number of rotatable bonds is 6. The van der Waals surface area contributed by atoms with Crippen LogP contribution in [0.4, 0.5) is 11.5 Å². The van der Waals surface area contributed by atoms with Crippen LogP contribution in [0.3, 0.4) is 0 Å². The molecule has 2 aliphatic rings. The Balaban J connectivity index is 1.32. The molecule has 37 heavy (non-hydrogen) atoms. The van der Waals surface area contributed by atoms with Gasteiger partial charge in [-0.3, -0.25) is 9.69 Å². The van der Waals surface area contributed by atoms with Crippen molar-refractivity contribution in [2.24, 2.45) is 5.92 Å². The average molecular weight is 496 g/mol. The minimum Gasteiger partial charge on any atom is -0.507 e. The summed E-state index contributed by atoms with van der Waals surface area (Å²) in [6.45, 7) is 1.87. The summed E-state index contributed by atoms with van der Waals surface area (Å²) in [5, 5.41) is 23.1. The number of nitriles is 1. The number of phenolic OH excluding ortho intramolecular Hbond substituents is 1. The second-order valence-electron chi connectivity index (χ2n) is 10.1. The number of nitrogen functional groups attached to an aromatic ring is 1. The normalized spacial score (nSPS) is 19.5. The van der Waals surface area contributed by atoms with Crippen molar-refractivity contribution in [3.63, 3.8) is 0 Å². The fraction of sp³-hybridized carbons (Fsp3) is 0.367. The number of hydrogen-bond donors (Lipinski definition) is 3. The number of likely N-dealkylation sites (tertiary alicyclic amines) is 1. The summed E-state index contributed by atoms with van der Waals surface area (Å²) in [4.78, 5) is 19.7. The molecule has 1 aromatic heterocycles. The second kappa shape index (κ2) is 11.0. The maximum absolute atomic E-state index is 12.9. The SMILES string of the molecule is N#Cc1c(-c2cccc(NC(=O)CCN3CCCC4CCCCC43)c2)cc(-c2ccccc2O)nc1N. The molecule has 0 spiro atoms. The number of nitrogens with zero attached hydrogens (tertiary/aromatic N) is 3. The molecule has 2 fully saturated rings. The van der Waals surface area contributed by atoms with E-state index in [0.717, 1.165) is 24.6 Å². The largest absolute Gasteiger partial charge is 0.507 e. The smallest absolute Gasteiger partial charge is 0.225 e. The molecule has 1 saturated carbocycles. The van der Waals surface area contributed by atoms with Crippen LogP contribution in [0.15, 0.2) is 54.6 Å². The Kier molecular flexibility index (Phi) is 7.38. The second-order valence-corrected chi connectivity index (χ2v) is 10.1. The molecule has 4 N–H and O–H groups in total. The van der Waals surface area contributed by atoms with E-state index >= 15 is 0 Å². The number of piperidine rings is 1. The Morgan fingerprint density at radius 3 is 2.73 bits per heavy atom. The molecule has 1 aliphatic carbocycles. The number of nitrogens with one attached hydrogen (secondary N) is 1. The summed E-state index contributed by atoms with van der Waals surface area (Å²) in [5.74, 6) is 0.960. The fourth-order valence-electron chi connectivity index (χ4n) is 5.98. The molecule has 190 valence electrons. The first-order chi connectivity index (χ1) is 18.0. The Hall–Kier alpha value is -3.89. The summed E-state index contributed by atoms with van der Waals surface area (Å²) in [6.07, 6.45) is 8.24. The molecular formula is C30H33N5O2. The van der Waals surface area contributed by atoms with E-state index in [0.29, 0.717) is 35.0 Å². The molecule has 7 heteroatoms. The third-order valence-electron chi connectivity index (χ3n) is 7.78. The number of para-hydroxylation sites is 1. The maximum Gasteiger partial charge on any atom is 0.225 e. The Morgan fingerprint density at radius 1 is 1.08 bits per heavy atom. The fourth-order valence-corrected chi connectivity index (χ4v) is 5.98. The lowest BCUT2D eigenvalue weighted by Crippen LogP contribution is -2.47. The van der Waals surface area contributed by atoms with Crippen molar-refractivity contribution in [2.75, 3.05) is 24.1 Å². The highest BCUT2D eigenvalue weighted by Gasteiger charge is 2.33. The number of benzene rings is 2. The first-order valence-electron chi connectivity index (χ1n) is 13.2. The van der Waals surface area contributed by atoms with Gasteiger partial charge in [0, 0.05) is 35.8 Å². The van der Waals surface area contributed by atoms with Crippen molar-refractivity contribution in [1.29, 1.82) is 5.26 Å². The predicted molar refractivity (Wildman–Crippen MR) is 146 cm³/mol. The molecule has 2 heterocycles. The van der Waals surface area contributed by atoms with Crippen molar-refractivity contribution in [2.45, 2.75) is 51.0 Å². The van der Waals surface area contributed by atoms with Gasteiger partial charge in [0.05, 0.1) is 5.69 Å². The lowest BCUT2D eigenvalue weighted by atomic mass is 9.78. The molecule has 2 atom stereocenters. The molecule has 3 aromatic rings. The minimum atomic E-state index is -0.0141. The lowest BCUT2D eigenvalue weighted by Gasteiger charge is -2.44. The number of hydrogen-bond acceptors (Lipinski definition) is 6. The number of fused-ring (bicyclic) bond motifs is 1. The van der Waals surface area contributed by atoms with Gasteiger partial charge in [-0.05, 0) is 74.0 Å². The third-order valence-corrected chi connectivity index (χ3v) is 7.78. The zero-order valence-corrected chi connectivity index (χ0v) is 21.0. The van der Waals surface area contributed by atoms with Gasteiger partial charge in [-0.15, -0.1) is 0 Å². The highest BCUT2D eigenvalue weighted by atomic mass is 16.3. The number of pyridine rings is 1. The zero-order chi connectivity index (χ0) is 25.8. The van der Waals surface area contributed by atoms with Crippen LogP contribution in [0.25, 0.3) is 22.4 Å². The van der Waals surface area contributed by atoms with Crippen molar-refractivity contribution < 1.29 is 9.90 Å². The summed E-state index contributed by atoms with van der Waals surface area (Å²) >= 11 is 0. The molecule has 1 saturated heterocycles. The van der Waals surface area contributed by atoms with Crippen molar-refractivity contribution in [3.8, 4) is 34.2 Å². The number of aromatic hydroxyl groups is 1. The van der Waals surface area contributed by atoms with Crippen LogP contribution in [-0.4, -0.2) is 40.0 Å². The number of aromatic nitrogens is 1. The van der Waals surface area contributed by atoms with E-state index in [-0.39, 0.29) is 23.0 Å². The molecule has 1 aliphatic heterocycles. The van der Waals surface area contributed by atoms with Crippen molar-refractivity contribution in [1.82, 2.24) is 9.88 Å². The quantitative estimate of drug-likeness (QED) is 0.412. The van der Waals surface area contributed by atoms with Crippen LogP contribution in [0.5, 0.6) is 5.75 Å². The molecule has 2 unspecified atom stereocenters. The highest BCUT2D eigenvalue weighted by molar-refractivity contribution is 5.92. The van der Waals surface area contributed by atoms with E-state index in [9.17, 15) is 15.2 Å². The van der Waals surface area contributed by atoms with Crippen LogP contribution in [0.2, 0.25) is 0 Å². The molecule has 1 amide bonds. The zero-order valence-electron chi connectivity index (χ0n) is 21.0. The van der Waals surface area contributed by atoms with Crippen LogP contribution in [0, 0.1) is 17.2 Å². The van der Waals surface area contributed by atoms with Gasteiger partial charge in [-0.1, -0.05) is 37.1 Å². The number of nitrogens with two attached hydrogens (primary N) is 1. The van der Waals surface area contributed by atoms with E-state index in [1.807, 2.05) is 24.3 Å². The summed E-state index contributed by atoms with van der Waals surface area (Å²) < 4.78 is 0. The topological polar surface area (TPSA) is 115 Å². The van der Waals surface area contributed by atoms with Crippen LogP contribution < -0.4 is 11.1 Å². The molecular weight excluding hydrogens is 462 g/mol. The summed E-state index contributed by atoms with van der Waals surface area (Å²) in [5.41, 5.74) is 9.41. The first-order valence-corrected chi connectivity index (χ1v) is 13.2. The predicted octanol–water partition coefficient (Wildman–Crippen LogP) is 5.56. The standard InChI is InChI=1S/C30H33N5O2/c31-19-25-24(18-26(34-30(25)32)23-11-2-4-13-28(23)36)21-8-5-10-22(17-21)33-29(37)14-16-35-15-6-9-20-7-1-3-12-27(20)35/h2,4-5,8,10-11,13,17-18,20,27,36H,1,3,6-7,9,12,14-16H2,(H2,32,34)(H,33,37). The number of amides is 1. The van der Waals surface area contributed by atoms with Gasteiger partial charge in [0.1, 0.15) is 23.2 Å². The molecule has 5 rings (SSSR count). The summed E-state index contributed by atoms with van der Waals surface area (Å²) in [6, 6.07) is 18.8. The van der Waals surface area contributed by atoms with E-state index < -0.39 is 0 Å². The number of carbonyl (C=O) groups is 1. The van der Waals surface area contributed by atoms with E-state index in [2.05, 4.69) is 21.3 Å². The van der Waals surface area contributed by atoms with Gasteiger partial charge in [0.25, 0.3) is 0 Å². The van der Waals surface area contributed by atoms with Crippen LogP contribution >= 0.6 is 0 Å². The lowest BCUT2D eigenvalue weighted by molar-refractivity contribution is -0.116. The highest BCUT2D eigenvalue weighted by Crippen LogP contribution is 2.36. The van der Waals surface area contributed by atoms with E-state index in [1.54, 1.807) is 30.3 Å². The van der Waals surface area contributed by atoms with Crippen LogP contribution in [-0.2, 0) is 4.79 Å². The van der Waals surface area contributed by atoms with Gasteiger partial charge in [0.2, 0.25) is 5.91 Å². The van der Waals surface area contributed by atoms with Crippen molar-refractivity contribution in [3.05, 3.63) is 60.2 Å². The summed E-state index contributed by atoms with van der Waals surface area (Å²) in [7, 11) is 0. The first kappa shape index (κ1) is 24.8. The van der Waals surface area contributed by atoms with Crippen LogP contribution in [0.1, 0.15) is 50.5 Å². The molecule has 2 aromatic carbocycles. The van der Waals surface area contributed by atoms with E-state index in [1.165, 1.54) is 38.5 Å². The maximum atomic E-state index is 12.9.